The SMILES string of the molecule is CCCc1nnc2n1C(c1ccc(C(=O)O)cc1)CC(=O)N2. The third kappa shape index (κ3) is 2.45. The molecule has 7 nitrogen and oxygen atoms in total. The van der Waals surface area contributed by atoms with Crippen LogP contribution in [0.5, 0.6) is 0 Å². The van der Waals surface area contributed by atoms with Crippen molar-refractivity contribution in [2.45, 2.75) is 32.2 Å². The van der Waals surface area contributed by atoms with Crippen molar-refractivity contribution in [2.24, 2.45) is 0 Å². The van der Waals surface area contributed by atoms with Crippen LogP contribution in [0, 0.1) is 0 Å². The average molecular weight is 300 g/mol. The van der Waals surface area contributed by atoms with E-state index in [0.29, 0.717) is 5.95 Å². The Kier molecular flexibility index (Phi) is 3.62. The molecule has 1 amide bonds. The minimum absolute atomic E-state index is 0.116. The van der Waals surface area contributed by atoms with Gasteiger partial charge in [0.05, 0.1) is 18.0 Å². The van der Waals surface area contributed by atoms with Crippen LogP contribution >= 0.6 is 0 Å². The molecule has 1 atom stereocenters. The fourth-order valence-electron chi connectivity index (χ4n) is 2.69. The Morgan fingerprint density at radius 3 is 2.73 bits per heavy atom. The summed E-state index contributed by atoms with van der Waals surface area (Å²) < 4.78 is 1.93. The number of nitrogens with one attached hydrogen (secondary N) is 1. The molecule has 0 bridgehead atoms. The van der Waals surface area contributed by atoms with Crippen LogP contribution in [-0.2, 0) is 11.2 Å². The van der Waals surface area contributed by atoms with Crippen molar-refractivity contribution in [2.75, 3.05) is 5.32 Å². The van der Waals surface area contributed by atoms with Gasteiger partial charge in [0, 0.05) is 6.42 Å². The van der Waals surface area contributed by atoms with Crippen LogP contribution in [0.1, 0.15) is 47.6 Å². The molecule has 0 saturated heterocycles. The predicted molar refractivity (Wildman–Crippen MR) is 78.8 cm³/mol. The second kappa shape index (κ2) is 5.59. The van der Waals surface area contributed by atoms with Crippen LogP contribution in [0.2, 0.25) is 0 Å². The summed E-state index contributed by atoms with van der Waals surface area (Å²) in [5.41, 5.74) is 1.10. The molecule has 1 aliphatic rings. The Balaban J connectivity index is 2.02. The van der Waals surface area contributed by atoms with E-state index in [1.165, 1.54) is 0 Å². The number of amides is 1. The molecule has 1 aromatic heterocycles. The monoisotopic (exact) mass is 300 g/mol. The third-order valence-electron chi connectivity index (χ3n) is 3.72. The molecular weight excluding hydrogens is 284 g/mol. The Morgan fingerprint density at radius 1 is 1.36 bits per heavy atom. The lowest BCUT2D eigenvalue weighted by molar-refractivity contribution is -0.117. The van der Waals surface area contributed by atoms with Gasteiger partial charge in [-0.15, -0.1) is 10.2 Å². The number of carbonyl (C=O) groups excluding carboxylic acids is 1. The minimum Gasteiger partial charge on any atom is -0.478 e. The van der Waals surface area contributed by atoms with Gasteiger partial charge in [-0.05, 0) is 24.1 Å². The average Bonchev–Trinajstić information content (AvgIpc) is 2.90. The Labute approximate surface area is 127 Å². The van der Waals surface area contributed by atoms with Gasteiger partial charge in [0.2, 0.25) is 11.9 Å². The number of hydrogen-bond donors (Lipinski definition) is 2. The van der Waals surface area contributed by atoms with E-state index in [4.69, 9.17) is 5.11 Å². The van der Waals surface area contributed by atoms with Gasteiger partial charge in [0.15, 0.2) is 0 Å². The highest BCUT2D eigenvalue weighted by Gasteiger charge is 2.29. The number of rotatable bonds is 4. The van der Waals surface area contributed by atoms with E-state index >= 15 is 0 Å². The zero-order valence-electron chi connectivity index (χ0n) is 12.1. The fourth-order valence-corrected chi connectivity index (χ4v) is 2.69. The molecule has 1 unspecified atom stereocenters. The van der Waals surface area contributed by atoms with E-state index in [2.05, 4.69) is 22.4 Å². The van der Waals surface area contributed by atoms with Crippen molar-refractivity contribution < 1.29 is 14.7 Å². The molecule has 0 aliphatic carbocycles. The molecule has 22 heavy (non-hydrogen) atoms. The van der Waals surface area contributed by atoms with Crippen LogP contribution in [0.4, 0.5) is 5.95 Å². The molecule has 2 N–H and O–H groups in total. The summed E-state index contributed by atoms with van der Waals surface area (Å²) in [7, 11) is 0. The van der Waals surface area contributed by atoms with Crippen molar-refractivity contribution in [3.8, 4) is 0 Å². The Morgan fingerprint density at radius 2 is 2.09 bits per heavy atom. The summed E-state index contributed by atoms with van der Waals surface area (Å²) in [6.45, 7) is 2.06. The molecule has 0 fully saturated rings. The standard InChI is InChI=1S/C15H16N4O3/c1-2-3-12-17-18-15-16-13(20)8-11(19(12)15)9-4-6-10(7-5-9)14(21)22/h4-7,11H,2-3,8H2,1H3,(H,21,22)(H,16,18,20). The van der Waals surface area contributed by atoms with Crippen molar-refractivity contribution in [1.29, 1.82) is 0 Å². The lowest BCUT2D eigenvalue weighted by Gasteiger charge is -2.26. The Bertz CT molecular complexity index is 721. The van der Waals surface area contributed by atoms with E-state index in [9.17, 15) is 9.59 Å². The van der Waals surface area contributed by atoms with Crippen molar-refractivity contribution in [1.82, 2.24) is 14.8 Å². The number of hydrogen-bond acceptors (Lipinski definition) is 4. The third-order valence-corrected chi connectivity index (χ3v) is 3.72. The van der Waals surface area contributed by atoms with E-state index < -0.39 is 5.97 Å². The summed E-state index contributed by atoms with van der Waals surface area (Å²) in [4.78, 5) is 22.8. The van der Waals surface area contributed by atoms with Gasteiger partial charge in [-0.3, -0.25) is 14.7 Å². The van der Waals surface area contributed by atoms with E-state index in [1.807, 2.05) is 4.57 Å². The van der Waals surface area contributed by atoms with Crippen LogP contribution in [-0.4, -0.2) is 31.7 Å². The van der Waals surface area contributed by atoms with Gasteiger partial charge in [-0.2, -0.15) is 0 Å². The lowest BCUT2D eigenvalue weighted by Crippen LogP contribution is -2.29. The first kappa shape index (κ1) is 14.2. The second-order valence-electron chi connectivity index (χ2n) is 5.26. The summed E-state index contributed by atoms with van der Waals surface area (Å²) in [5, 5.41) is 19.9. The molecular formula is C15H16N4O3. The highest BCUT2D eigenvalue weighted by atomic mass is 16.4. The fraction of sp³-hybridized carbons (Fsp3) is 0.333. The number of nitrogens with zero attached hydrogens (tertiary/aromatic N) is 3. The zero-order chi connectivity index (χ0) is 15.7. The van der Waals surface area contributed by atoms with Crippen molar-refractivity contribution in [3.05, 3.63) is 41.2 Å². The topological polar surface area (TPSA) is 97.1 Å². The second-order valence-corrected chi connectivity index (χ2v) is 5.26. The predicted octanol–water partition coefficient (Wildman–Crippen LogP) is 1.86. The summed E-state index contributed by atoms with van der Waals surface area (Å²) >= 11 is 0. The van der Waals surface area contributed by atoms with Crippen LogP contribution in [0.3, 0.4) is 0 Å². The molecule has 0 saturated carbocycles. The first-order chi connectivity index (χ1) is 10.6. The maximum atomic E-state index is 11.9. The van der Waals surface area contributed by atoms with Gasteiger partial charge < -0.3 is 5.11 Å². The van der Waals surface area contributed by atoms with Gasteiger partial charge in [0.1, 0.15) is 5.82 Å². The van der Waals surface area contributed by atoms with Gasteiger partial charge in [-0.25, -0.2) is 4.79 Å². The minimum atomic E-state index is -0.968. The smallest absolute Gasteiger partial charge is 0.335 e. The highest BCUT2D eigenvalue weighted by molar-refractivity contribution is 5.91. The zero-order valence-corrected chi connectivity index (χ0v) is 12.1. The summed E-state index contributed by atoms with van der Waals surface area (Å²) in [5.74, 6) is 0.191. The maximum absolute atomic E-state index is 11.9. The molecule has 0 radical (unpaired) electrons. The number of anilines is 1. The normalized spacial score (nSPS) is 17.0. The van der Waals surface area contributed by atoms with Crippen LogP contribution in [0.15, 0.2) is 24.3 Å². The van der Waals surface area contributed by atoms with E-state index in [1.54, 1.807) is 24.3 Å². The van der Waals surface area contributed by atoms with Crippen LogP contribution in [0.25, 0.3) is 0 Å². The van der Waals surface area contributed by atoms with E-state index in [-0.39, 0.29) is 23.9 Å². The Hall–Kier alpha value is -2.70. The number of fused-ring (bicyclic) bond motifs is 1. The summed E-state index contributed by atoms with van der Waals surface area (Å²) in [6, 6.07) is 6.38. The number of aryl methyl sites for hydroxylation is 1. The van der Waals surface area contributed by atoms with Crippen molar-refractivity contribution >= 4 is 17.8 Å². The summed E-state index contributed by atoms with van der Waals surface area (Å²) in [6.07, 6.45) is 1.98. The molecule has 7 heteroatoms. The van der Waals surface area contributed by atoms with E-state index in [0.717, 1.165) is 24.2 Å². The first-order valence-electron chi connectivity index (χ1n) is 7.17. The number of carboxylic acids is 1. The van der Waals surface area contributed by atoms with Gasteiger partial charge in [-0.1, -0.05) is 19.1 Å². The molecule has 0 spiro atoms. The number of carbonyl (C=O) groups is 2. The number of aromatic carboxylic acids is 1. The highest BCUT2D eigenvalue weighted by Crippen LogP contribution is 2.31. The van der Waals surface area contributed by atoms with Gasteiger partial charge >= 0.3 is 5.97 Å². The number of aromatic nitrogens is 3. The molecule has 2 heterocycles. The molecule has 2 aromatic rings. The van der Waals surface area contributed by atoms with Crippen molar-refractivity contribution in [3.63, 3.8) is 0 Å². The molecule has 1 aromatic carbocycles. The largest absolute Gasteiger partial charge is 0.478 e. The van der Waals surface area contributed by atoms with Gasteiger partial charge in [0.25, 0.3) is 0 Å². The molecule has 3 rings (SSSR count). The quantitative estimate of drug-likeness (QED) is 0.898. The molecule has 114 valence electrons. The molecule has 1 aliphatic heterocycles. The first-order valence-corrected chi connectivity index (χ1v) is 7.17. The lowest BCUT2D eigenvalue weighted by atomic mass is 10.00. The number of carboxylic acid groups (broad SMARTS) is 1. The van der Waals surface area contributed by atoms with Crippen LogP contribution < -0.4 is 5.32 Å². The number of benzene rings is 1. The maximum Gasteiger partial charge on any atom is 0.335 e.